The second-order valence-corrected chi connectivity index (χ2v) is 3.72. The minimum atomic E-state index is -1.27. The van der Waals surface area contributed by atoms with Crippen LogP contribution in [0.3, 0.4) is 0 Å². The number of halogens is 1. The van der Waals surface area contributed by atoms with Gasteiger partial charge in [0.1, 0.15) is 5.82 Å². The summed E-state index contributed by atoms with van der Waals surface area (Å²) in [7, 11) is 0. The number of aliphatic hydroxyl groups is 1. The Morgan fingerprint density at radius 1 is 1.36 bits per heavy atom. The molecule has 0 radical (unpaired) electrons. The molecular formula is C10H11FO3. The van der Waals surface area contributed by atoms with Gasteiger partial charge in [-0.1, -0.05) is 0 Å². The Labute approximate surface area is 81.1 Å². The summed E-state index contributed by atoms with van der Waals surface area (Å²) < 4.78 is 23.6. The standard InChI is InChI=1S/C10H11FO3/c1-10(2,12)8-6(11)3-4-7-9(8)14-5-13-7/h3-4,12H,5H2,1-2H3. The van der Waals surface area contributed by atoms with Crippen molar-refractivity contribution in [2.45, 2.75) is 19.4 Å². The van der Waals surface area contributed by atoms with Crippen LogP contribution in [0.2, 0.25) is 0 Å². The van der Waals surface area contributed by atoms with Crippen LogP contribution in [-0.4, -0.2) is 11.9 Å². The van der Waals surface area contributed by atoms with Crippen LogP contribution in [0.1, 0.15) is 19.4 Å². The van der Waals surface area contributed by atoms with E-state index < -0.39 is 11.4 Å². The normalized spacial score (nSPS) is 14.6. The Balaban J connectivity index is 2.63. The first-order valence-electron chi connectivity index (χ1n) is 4.31. The van der Waals surface area contributed by atoms with E-state index in [4.69, 9.17) is 9.47 Å². The Bertz CT molecular complexity index is 368. The van der Waals surface area contributed by atoms with Gasteiger partial charge in [-0.25, -0.2) is 4.39 Å². The first kappa shape index (κ1) is 9.27. The van der Waals surface area contributed by atoms with E-state index in [1.54, 1.807) is 0 Å². The van der Waals surface area contributed by atoms with Gasteiger partial charge < -0.3 is 14.6 Å². The smallest absolute Gasteiger partial charge is 0.231 e. The fourth-order valence-electron chi connectivity index (χ4n) is 1.52. The van der Waals surface area contributed by atoms with E-state index >= 15 is 0 Å². The average Bonchev–Trinajstić information content (AvgIpc) is 2.48. The molecule has 0 spiro atoms. The van der Waals surface area contributed by atoms with Crippen molar-refractivity contribution in [2.75, 3.05) is 6.79 Å². The first-order valence-corrected chi connectivity index (χ1v) is 4.31. The zero-order chi connectivity index (χ0) is 10.3. The molecule has 0 aromatic heterocycles. The van der Waals surface area contributed by atoms with Crippen molar-refractivity contribution in [1.82, 2.24) is 0 Å². The third kappa shape index (κ3) is 1.32. The van der Waals surface area contributed by atoms with Gasteiger partial charge >= 0.3 is 0 Å². The first-order chi connectivity index (χ1) is 6.50. The minimum absolute atomic E-state index is 0.0713. The van der Waals surface area contributed by atoms with Gasteiger partial charge in [0, 0.05) is 0 Å². The van der Waals surface area contributed by atoms with Gasteiger partial charge in [-0.05, 0) is 26.0 Å². The van der Waals surface area contributed by atoms with Crippen LogP contribution in [0.4, 0.5) is 4.39 Å². The molecule has 0 bridgehead atoms. The molecule has 1 aliphatic rings. The molecule has 14 heavy (non-hydrogen) atoms. The Morgan fingerprint density at radius 2 is 2.07 bits per heavy atom. The number of hydrogen-bond acceptors (Lipinski definition) is 3. The molecule has 1 heterocycles. The van der Waals surface area contributed by atoms with Crippen molar-refractivity contribution in [2.24, 2.45) is 0 Å². The second kappa shape index (κ2) is 2.85. The van der Waals surface area contributed by atoms with Gasteiger partial charge in [-0.3, -0.25) is 0 Å². The Morgan fingerprint density at radius 3 is 2.71 bits per heavy atom. The molecule has 0 fully saturated rings. The summed E-state index contributed by atoms with van der Waals surface area (Å²) in [5, 5.41) is 9.76. The summed E-state index contributed by atoms with van der Waals surface area (Å²) in [6.45, 7) is 3.09. The number of hydrogen-bond donors (Lipinski definition) is 1. The molecule has 1 N–H and O–H groups in total. The zero-order valence-electron chi connectivity index (χ0n) is 8.00. The summed E-state index contributed by atoms with van der Waals surface area (Å²) >= 11 is 0. The van der Waals surface area contributed by atoms with Crippen molar-refractivity contribution < 1.29 is 19.0 Å². The van der Waals surface area contributed by atoms with Crippen LogP contribution < -0.4 is 9.47 Å². The van der Waals surface area contributed by atoms with Gasteiger partial charge in [0.05, 0.1) is 11.2 Å². The Hall–Kier alpha value is -1.29. The number of rotatable bonds is 1. The molecule has 0 amide bonds. The second-order valence-electron chi connectivity index (χ2n) is 3.72. The van der Waals surface area contributed by atoms with Gasteiger partial charge in [-0.2, -0.15) is 0 Å². The van der Waals surface area contributed by atoms with Crippen LogP contribution in [-0.2, 0) is 5.60 Å². The number of benzene rings is 1. The van der Waals surface area contributed by atoms with Gasteiger partial charge in [0.2, 0.25) is 6.79 Å². The van der Waals surface area contributed by atoms with E-state index in [-0.39, 0.29) is 12.4 Å². The predicted molar refractivity (Wildman–Crippen MR) is 47.8 cm³/mol. The lowest BCUT2D eigenvalue weighted by Crippen LogP contribution is -2.18. The fourth-order valence-corrected chi connectivity index (χ4v) is 1.52. The molecule has 4 heteroatoms. The van der Waals surface area contributed by atoms with E-state index in [1.165, 1.54) is 26.0 Å². The maximum atomic E-state index is 13.4. The lowest BCUT2D eigenvalue weighted by Gasteiger charge is -2.20. The molecule has 1 aromatic carbocycles. The number of ether oxygens (including phenoxy) is 2. The lowest BCUT2D eigenvalue weighted by molar-refractivity contribution is 0.0703. The zero-order valence-corrected chi connectivity index (χ0v) is 8.00. The molecule has 76 valence electrons. The van der Waals surface area contributed by atoms with Crippen LogP contribution in [0.15, 0.2) is 12.1 Å². The molecule has 0 unspecified atom stereocenters. The lowest BCUT2D eigenvalue weighted by atomic mass is 9.96. The van der Waals surface area contributed by atoms with E-state index in [2.05, 4.69) is 0 Å². The molecule has 3 nitrogen and oxygen atoms in total. The van der Waals surface area contributed by atoms with Crippen LogP contribution in [0, 0.1) is 5.82 Å². The van der Waals surface area contributed by atoms with Gasteiger partial charge in [0.15, 0.2) is 11.5 Å². The number of fused-ring (bicyclic) bond motifs is 1. The highest BCUT2D eigenvalue weighted by Crippen LogP contribution is 2.41. The molecule has 0 atom stereocenters. The molecule has 1 aliphatic heterocycles. The maximum absolute atomic E-state index is 13.4. The highest BCUT2D eigenvalue weighted by Gasteiger charge is 2.30. The molecule has 0 saturated heterocycles. The van der Waals surface area contributed by atoms with Gasteiger partial charge in [-0.15, -0.1) is 0 Å². The summed E-state index contributed by atoms with van der Waals surface area (Å²) in [5.74, 6) is 0.294. The molecule has 0 saturated carbocycles. The van der Waals surface area contributed by atoms with E-state index in [9.17, 15) is 9.50 Å². The van der Waals surface area contributed by atoms with Crippen molar-refractivity contribution >= 4 is 0 Å². The highest BCUT2D eigenvalue weighted by molar-refractivity contribution is 5.50. The third-order valence-corrected chi connectivity index (χ3v) is 2.10. The van der Waals surface area contributed by atoms with Gasteiger partial charge in [0.25, 0.3) is 0 Å². The van der Waals surface area contributed by atoms with Crippen molar-refractivity contribution in [3.05, 3.63) is 23.5 Å². The summed E-state index contributed by atoms with van der Waals surface area (Å²) in [5.41, 5.74) is -1.13. The van der Waals surface area contributed by atoms with E-state index in [0.717, 1.165) is 0 Å². The van der Waals surface area contributed by atoms with Crippen molar-refractivity contribution in [3.63, 3.8) is 0 Å². The van der Waals surface area contributed by atoms with E-state index in [0.29, 0.717) is 11.5 Å². The van der Waals surface area contributed by atoms with Crippen LogP contribution >= 0.6 is 0 Å². The Kier molecular flexibility index (Phi) is 1.89. The largest absolute Gasteiger partial charge is 0.454 e. The fraction of sp³-hybridized carbons (Fsp3) is 0.400. The average molecular weight is 198 g/mol. The van der Waals surface area contributed by atoms with Crippen molar-refractivity contribution in [3.8, 4) is 11.5 Å². The summed E-state index contributed by atoms with van der Waals surface area (Å²) in [6, 6.07) is 2.76. The monoisotopic (exact) mass is 198 g/mol. The topological polar surface area (TPSA) is 38.7 Å². The van der Waals surface area contributed by atoms with Crippen LogP contribution in [0.25, 0.3) is 0 Å². The van der Waals surface area contributed by atoms with E-state index in [1.807, 2.05) is 0 Å². The SMILES string of the molecule is CC(C)(O)c1c(F)ccc2c1OCO2. The molecule has 1 aromatic rings. The maximum Gasteiger partial charge on any atom is 0.231 e. The van der Waals surface area contributed by atoms with Crippen LogP contribution in [0.5, 0.6) is 11.5 Å². The minimum Gasteiger partial charge on any atom is -0.454 e. The summed E-state index contributed by atoms with van der Waals surface area (Å²) in [6.07, 6.45) is 0. The summed E-state index contributed by atoms with van der Waals surface area (Å²) in [4.78, 5) is 0. The molecule has 2 rings (SSSR count). The molecular weight excluding hydrogens is 187 g/mol. The predicted octanol–water partition coefficient (Wildman–Crippen LogP) is 1.78. The molecule has 0 aliphatic carbocycles. The quantitative estimate of drug-likeness (QED) is 0.747. The third-order valence-electron chi connectivity index (χ3n) is 2.10. The van der Waals surface area contributed by atoms with Crippen molar-refractivity contribution in [1.29, 1.82) is 0 Å². The highest BCUT2D eigenvalue weighted by atomic mass is 19.1.